The Morgan fingerprint density at radius 1 is 1.12 bits per heavy atom. The summed E-state index contributed by atoms with van der Waals surface area (Å²) in [5.74, 6) is 0.736. The number of nitrogens with zero attached hydrogens (tertiary/aromatic N) is 2. The number of aromatic nitrogens is 1. The van der Waals surface area contributed by atoms with Gasteiger partial charge in [-0.1, -0.05) is 25.7 Å². The summed E-state index contributed by atoms with van der Waals surface area (Å²) in [5.41, 5.74) is 1.08. The predicted molar refractivity (Wildman–Crippen MR) is 92.0 cm³/mol. The Morgan fingerprint density at radius 2 is 1.83 bits per heavy atom. The van der Waals surface area contributed by atoms with Crippen LogP contribution in [0.5, 0.6) is 0 Å². The van der Waals surface area contributed by atoms with Gasteiger partial charge in [0.15, 0.2) is 0 Å². The van der Waals surface area contributed by atoms with E-state index in [1.54, 1.807) is 12.4 Å². The third kappa shape index (κ3) is 5.05. The van der Waals surface area contributed by atoms with Crippen LogP contribution in [0.15, 0.2) is 24.5 Å². The van der Waals surface area contributed by atoms with Gasteiger partial charge in [-0.15, -0.1) is 0 Å². The minimum absolute atomic E-state index is 0.00917. The highest BCUT2D eigenvalue weighted by molar-refractivity contribution is 5.85. The Kier molecular flexibility index (Phi) is 5.83. The second kappa shape index (κ2) is 8.27. The zero-order valence-corrected chi connectivity index (χ0v) is 14.2. The molecule has 3 rings (SSSR count). The lowest BCUT2D eigenvalue weighted by Crippen LogP contribution is -2.41. The minimum Gasteiger partial charge on any atom is -0.347 e. The van der Waals surface area contributed by atoms with Crippen molar-refractivity contribution in [2.24, 2.45) is 5.92 Å². The molecule has 0 unspecified atom stereocenters. The van der Waals surface area contributed by atoms with Gasteiger partial charge in [-0.05, 0) is 42.9 Å². The summed E-state index contributed by atoms with van der Waals surface area (Å²) < 4.78 is 0. The van der Waals surface area contributed by atoms with Crippen LogP contribution in [-0.2, 0) is 16.1 Å². The fourth-order valence-electron chi connectivity index (χ4n) is 3.49. The van der Waals surface area contributed by atoms with Gasteiger partial charge in [0.25, 0.3) is 0 Å². The highest BCUT2D eigenvalue weighted by Crippen LogP contribution is 2.29. The maximum atomic E-state index is 12.5. The second-order valence-electron chi connectivity index (χ2n) is 7.07. The SMILES string of the molecule is O=C(CCC1CCCC1)NCC(=O)N(Cc1ccncc1)C1CC1. The topological polar surface area (TPSA) is 62.3 Å². The van der Waals surface area contributed by atoms with Gasteiger partial charge in [0, 0.05) is 31.4 Å². The number of carbonyl (C=O) groups is 2. The van der Waals surface area contributed by atoms with Gasteiger partial charge in [0.05, 0.1) is 6.54 Å². The van der Waals surface area contributed by atoms with Crippen LogP contribution in [-0.4, -0.2) is 34.3 Å². The van der Waals surface area contributed by atoms with Crippen molar-refractivity contribution >= 4 is 11.8 Å². The van der Waals surface area contributed by atoms with Gasteiger partial charge >= 0.3 is 0 Å². The molecule has 0 atom stereocenters. The minimum atomic E-state index is 0.00917. The molecule has 2 saturated carbocycles. The number of carbonyl (C=O) groups excluding carboxylic acids is 2. The summed E-state index contributed by atoms with van der Waals surface area (Å²) in [5, 5.41) is 2.81. The monoisotopic (exact) mass is 329 g/mol. The van der Waals surface area contributed by atoms with Crippen LogP contribution in [0, 0.1) is 5.92 Å². The smallest absolute Gasteiger partial charge is 0.242 e. The highest BCUT2D eigenvalue weighted by Gasteiger charge is 2.32. The predicted octanol–water partition coefficient (Wildman–Crippen LogP) is 2.66. The molecule has 1 heterocycles. The van der Waals surface area contributed by atoms with Crippen molar-refractivity contribution in [1.29, 1.82) is 0 Å². The maximum Gasteiger partial charge on any atom is 0.242 e. The van der Waals surface area contributed by atoms with Crippen molar-refractivity contribution in [3.05, 3.63) is 30.1 Å². The fourth-order valence-corrected chi connectivity index (χ4v) is 3.49. The lowest BCUT2D eigenvalue weighted by molar-refractivity contribution is -0.134. The number of hydrogen-bond donors (Lipinski definition) is 1. The maximum absolute atomic E-state index is 12.5. The largest absolute Gasteiger partial charge is 0.347 e. The van der Waals surface area contributed by atoms with Crippen LogP contribution in [0.1, 0.15) is 56.9 Å². The lowest BCUT2D eigenvalue weighted by atomic mass is 10.0. The van der Waals surface area contributed by atoms with E-state index in [4.69, 9.17) is 0 Å². The number of nitrogens with one attached hydrogen (secondary N) is 1. The van der Waals surface area contributed by atoms with E-state index < -0.39 is 0 Å². The van der Waals surface area contributed by atoms with Crippen molar-refractivity contribution in [2.75, 3.05) is 6.54 Å². The number of rotatable bonds is 8. The normalized spacial score (nSPS) is 17.7. The van der Waals surface area contributed by atoms with E-state index in [9.17, 15) is 9.59 Å². The molecule has 0 radical (unpaired) electrons. The molecular weight excluding hydrogens is 302 g/mol. The molecule has 2 amide bonds. The molecule has 2 fully saturated rings. The molecular formula is C19H27N3O2. The number of pyridine rings is 1. The summed E-state index contributed by atoms with van der Waals surface area (Å²) in [6, 6.07) is 4.20. The Balaban J connectivity index is 1.42. The molecule has 0 aromatic carbocycles. The third-order valence-corrected chi connectivity index (χ3v) is 5.10. The third-order valence-electron chi connectivity index (χ3n) is 5.10. The van der Waals surface area contributed by atoms with Crippen LogP contribution in [0.4, 0.5) is 0 Å². The molecule has 2 aliphatic carbocycles. The summed E-state index contributed by atoms with van der Waals surface area (Å²) in [4.78, 5) is 30.4. The number of amides is 2. The first-order chi connectivity index (χ1) is 11.7. The van der Waals surface area contributed by atoms with Crippen molar-refractivity contribution in [3.63, 3.8) is 0 Å². The van der Waals surface area contributed by atoms with Crippen LogP contribution in [0.3, 0.4) is 0 Å². The van der Waals surface area contributed by atoms with E-state index in [-0.39, 0.29) is 18.4 Å². The Morgan fingerprint density at radius 3 is 2.50 bits per heavy atom. The quantitative estimate of drug-likeness (QED) is 0.797. The molecule has 5 nitrogen and oxygen atoms in total. The average Bonchev–Trinajstić information content (AvgIpc) is 3.31. The first-order valence-corrected chi connectivity index (χ1v) is 9.17. The summed E-state index contributed by atoms with van der Waals surface area (Å²) in [7, 11) is 0. The Labute approximate surface area is 143 Å². The van der Waals surface area contributed by atoms with E-state index in [1.165, 1.54) is 25.7 Å². The Hall–Kier alpha value is -1.91. The number of hydrogen-bond acceptors (Lipinski definition) is 3. The first kappa shape index (κ1) is 16.9. The second-order valence-corrected chi connectivity index (χ2v) is 7.07. The van der Waals surface area contributed by atoms with Gasteiger partial charge in [-0.25, -0.2) is 0 Å². The van der Waals surface area contributed by atoms with Gasteiger partial charge in [0.2, 0.25) is 11.8 Å². The van der Waals surface area contributed by atoms with Crippen molar-refractivity contribution in [1.82, 2.24) is 15.2 Å². The zero-order chi connectivity index (χ0) is 16.8. The molecule has 130 valence electrons. The molecule has 0 bridgehead atoms. The summed E-state index contributed by atoms with van der Waals surface area (Å²) >= 11 is 0. The lowest BCUT2D eigenvalue weighted by Gasteiger charge is -2.22. The van der Waals surface area contributed by atoms with Gasteiger partial charge in [-0.3, -0.25) is 14.6 Å². The van der Waals surface area contributed by atoms with E-state index in [0.717, 1.165) is 24.8 Å². The molecule has 0 spiro atoms. The molecule has 5 heteroatoms. The first-order valence-electron chi connectivity index (χ1n) is 9.17. The van der Waals surface area contributed by atoms with Crippen LogP contribution in [0.25, 0.3) is 0 Å². The van der Waals surface area contributed by atoms with Crippen molar-refractivity contribution < 1.29 is 9.59 Å². The average molecular weight is 329 g/mol. The highest BCUT2D eigenvalue weighted by atomic mass is 16.2. The fraction of sp³-hybridized carbons (Fsp3) is 0.632. The molecule has 1 aromatic heterocycles. The molecule has 24 heavy (non-hydrogen) atoms. The van der Waals surface area contributed by atoms with Gasteiger partial charge < -0.3 is 10.2 Å². The van der Waals surface area contributed by atoms with Gasteiger partial charge in [0.1, 0.15) is 0 Å². The zero-order valence-electron chi connectivity index (χ0n) is 14.2. The van der Waals surface area contributed by atoms with Crippen LogP contribution in [0.2, 0.25) is 0 Å². The van der Waals surface area contributed by atoms with E-state index in [2.05, 4.69) is 10.3 Å². The molecule has 1 N–H and O–H groups in total. The Bertz CT molecular complexity index is 551. The molecule has 0 aliphatic heterocycles. The van der Waals surface area contributed by atoms with Crippen molar-refractivity contribution in [2.45, 2.75) is 64.0 Å². The molecule has 2 aliphatic rings. The van der Waals surface area contributed by atoms with Crippen molar-refractivity contribution in [3.8, 4) is 0 Å². The summed E-state index contributed by atoms with van der Waals surface area (Å²) in [6.45, 7) is 0.717. The molecule has 1 aromatic rings. The standard InChI is InChI=1S/C19H27N3O2/c23-18(8-5-15-3-1-2-4-15)21-13-19(24)22(17-6-7-17)14-16-9-11-20-12-10-16/h9-12,15,17H,1-8,13-14H2,(H,21,23). The van der Waals surface area contributed by atoms with E-state index >= 15 is 0 Å². The summed E-state index contributed by atoms with van der Waals surface area (Å²) in [6.07, 6.45) is 12.2. The van der Waals surface area contributed by atoms with Crippen LogP contribution < -0.4 is 5.32 Å². The van der Waals surface area contributed by atoms with E-state index in [0.29, 0.717) is 24.9 Å². The van der Waals surface area contributed by atoms with E-state index in [1.807, 2.05) is 17.0 Å². The van der Waals surface area contributed by atoms with Gasteiger partial charge in [-0.2, -0.15) is 0 Å². The molecule has 0 saturated heterocycles. The van der Waals surface area contributed by atoms with Crippen LogP contribution >= 0.6 is 0 Å².